The van der Waals surface area contributed by atoms with E-state index in [2.05, 4.69) is 20.6 Å². The monoisotopic (exact) mass is 326 g/mol. The van der Waals surface area contributed by atoms with E-state index < -0.39 is 11.7 Å². The third-order valence-electron chi connectivity index (χ3n) is 2.77. The van der Waals surface area contributed by atoms with Gasteiger partial charge in [-0.3, -0.25) is 0 Å². The zero-order valence-electron chi connectivity index (χ0n) is 14.6. The lowest BCUT2D eigenvalue weighted by Gasteiger charge is -2.22. The predicted molar refractivity (Wildman–Crippen MR) is 85.7 cm³/mol. The molecule has 130 valence electrons. The van der Waals surface area contributed by atoms with Gasteiger partial charge in [0.05, 0.1) is 19.8 Å². The molecule has 0 fully saturated rings. The van der Waals surface area contributed by atoms with Crippen molar-refractivity contribution in [2.24, 2.45) is 0 Å². The minimum atomic E-state index is -0.515. The number of nitrogens with zero attached hydrogens (tertiary/aromatic N) is 2. The van der Waals surface area contributed by atoms with Crippen LogP contribution in [-0.4, -0.2) is 48.5 Å². The minimum absolute atomic E-state index is 0.105. The number of rotatable bonds is 7. The number of aromatic nitrogens is 2. The van der Waals surface area contributed by atoms with Gasteiger partial charge in [-0.05, 0) is 27.7 Å². The molecule has 0 aliphatic heterocycles. The molecule has 1 heterocycles. The smallest absolute Gasteiger partial charge is 0.407 e. The third-order valence-corrected chi connectivity index (χ3v) is 2.77. The fraction of sp³-hybridized carbons (Fsp3) is 0.667. The van der Waals surface area contributed by atoms with Crippen LogP contribution in [0, 0.1) is 0 Å². The van der Waals surface area contributed by atoms with Crippen LogP contribution in [0.4, 0.5) is 4.79 Å². The number of ether oxygens (including phenoxy) is 3. The van der Waals surface area contributed by atoms with E-state index >= 15 is 0 Å². The van der Waals surface area contributed by atoms with Crippen LogP contribution < -0.4 is 20.1 Å². The Morgan fingerprint density at radius 2 is 1.78 bits per heavy atom. The van der Waals surface area contributed by atoms with Crippen molar-refractivity contribution in [3.8, 4) is 11.8 Å². The van der Waals surface area contributed by atoms with E-state index in [0.717, 1.165) is 5.56 Å². The SMILES string of the molecule is COc1ncnc(OC)c1CNCC(C)NC(=O)OC(C)(C)C. The molecule has 8 nitrogen and oxygen atoms in total. The maximum absolute atomic E-state index is 11.7. The van der Waals surface area contributed by atoms with E-state index in [-0.39, 0.29) is 6.04 Å². The van der Waals surface area contributed by atoms with Gasteiger partial charge in [-0.2, -0.15) is 0 Å². The number of methoxy groups -OCH3 is 2. The molecule has 23 heavy (non-hydrogen) atoms. The predicted octanol–water partition coefficient (Wildman–Crippen LogP) is 1.50. The third kappa shape index (κ3) is 6.68. The number of amides is 1. The second-order valence-corrected chi connectivity index (χ2v) is 6.05. The molecule has 2 N–H and O–H groups in total. The molecule has 0 radical (unpaired) electrons. The largest absolute Gasteiger partial charge is 0.481 e. The molecule has 0 saturated carbocycles. The van der Waals surface area contributed by atoms with Gasteiger partial charge in [0.25, 0.3) is 0 Å². The Balaban J connectivity index is 2.49. The quantitative estimate of drug-likeness (QED) is 0.784. The molecule has 0 bridgehead atoms. The summed E-state index contributed by atoms with van der Waals surface area (Å²) >= 11 is 0. The second kappa shape index (κ2) is 8.52. The zero-order valence-corrected chi connectivity index (χ0v) is 14.6. The van der Waals surface area contributed by atoms with Gasteiger partial charge < -0.3 is 24.8 Å². The average molecular weight is 326 g/mol. The van der Waals surface area contributed by atoms with Gasteiger partial charge in [-0.25, -0.2) is 14.8 Å². The van der Waals surface area contributed by atoms with Crippen LogP contribution in [0.1, 0.15) is 33.3 Å². The first-order valence-corrected chi connectivity index (χ1v) is 7.39. The van der Waals surface area contributed by atoms with Crippen molar-refractivity contribution in [1.29, 1.82) is 0 Å². The summed E-state index contributed by atoms with van der Waals surface area (Å²) < 4.78 is 15.6. The van der Waals surface area contributed by atoms with Crippen molar-refractivity contribution in [3.05, 3.63) is 11.9 Å². The molecule has 1 atom stereocenters. The summed E-state index contributed by atoms with van der Waals surface area (Å²) in [6.45, 7) is 8.34. The molecule has 0 aliphatic rings. The Hall–Kier alpha value is -2.09. The zero-order chi connectivity index (χ0) is 17.5. The lowest BCUT2D eigenvalue weighted by Crippen LogP contribution is -2.42. The molecular weight excluding hydrogens is 300 g/mol. The van der Waals surface area contributed by atoms with Gasteiger partial charge in [0.15, 0.2) is 0 Å². The first-order chi connectivity index (χ1) is 10.8. The molecule has 1 aromatic heterocycles. The number of hydrogen-bond donors (Lipinski definition) is 2. The lowest BCUT2D eigenvalue weighted by atomic mass is 10.2. The minimum Gasteiger partial charge on any atom is -0.481 e. The normalized spacial score (nSPS) is 12.4. The summed E-state index contributed by atoms with van der Waals surface area (Å²) in [6.07, 6.45) is 0.943. The van der Waals surface area contributed by atoms with E-state index in [1.165, 1.54) is 20.5 Å². The molecule has 0 spiro atoms. The summed E-state index contributed by atoms with van der Waals surface area (Å²) in [5, 5.41) is 5.97. The average Bonchev–Trinajstić information content (AvgIpc) is 2.45. The van der Waals surface area contributed by atoms with Crippen LogP contribution in [0.3, 0.4) is 0 Å². The van der Waals surface area contributed by atoms with Gasteiger partial charge in [-0.15, -0.1) is 0 Å². The molecule has 0 aliphatic carbocycles. The first kappa shape index (κ1) is 19.0. The van der Waals surface area contributed by atoms with E-state index in [4.69, 9.17) is 14.2 Å². The van der Waals surface area contributed by atoms with E-state index in [1.54, 1.807) is 0 Å². The standard InChI is InChI=1S/C15H26N4O4/c1-10(19-14(20)23-15(2,3)4)7-16-8-11-12(21-5)17-9-18-13(11)22-6/h9-10,16H,7-8H2,1-6H3,(H,19,20). The van der Waals surface area contributed by atoms with Crippen molar-refractivity contribution < 1.29 is 19.0 Å². The molecule has 1 aromatic rings. The van der Waals surface area contributed by atoms with Crippen molar-refractivity contribution in [2.75, 3.05) is 20.8 Å². The number of carbonyl (C=O) groups is 1. The van der Waals surface area contributed by atoms with Crippen molar-refractivity contribution in [3.63, 3.8) is 0 Å². The fourth-order valence-electron chi connectivity index (χ4n) is 1.86. The maximum Gasteiger partial charge on any atom is 0.407 e. The Kier molecular flexibility index (Phi) is 7.02. The highest BCUT2D eigenvalue weighted by Gasteiger charge is 2.18. The Bertz CT molecular complexity index is 494. The molecular formula is C15H26N4O4. The van der Waals surface area contributed by atoms with Crippen LogP contribution >= 0.6 is 0 Å². The van der Waals surface area contributed by atoms with Gasteiger partial charge in [0.2, 0.25) is 11.8 Å². The van der Waals surface area contributed by atoms with Gasteiger partial charge in [-0.1, -0.05) is 0 Å². The molecule has 0 aromatic carbocycles. The number of carbonyl (C=O) groups excluding carboxylic acids is 1. The molecule has 1 unspecified atom stereocenters. The molecule has 0 saturated heterocycles. The van der Waals surface area contributed by atoms with Gasteiger partial charge in [0, 0.05) is 19.1 Å². The second-order valence-electron chi connectivity index (χ2n) is 6.05. The topological polar surface area (TPSA) is 94.6 Å². The summed E-state index contributed by atoms with van der Waals surface area (Å²) in [4.78, 5) is 19.8. The van der Waals surface area contributed by atoms with Crippen LogP contribution in [0.15, 0.2) is 6.33 Å². The molecule has 8 heteroatoms. The summed E-state index contributed by atoms with van der Waals surface area (Å²) in [6, 6.07) is -0.105. The summed E-state index contributed by atoms with van der Waals surface area (Å²) in [7, 11) is 3.08. The maximum atomic E-state index is 11.7. The summed E-state index contributed by atoms with van der Waals surface area (Å²) in [5.41, 5.74) is 0.210. The molecule has 1 amide bonds. The first-order valence-electron chi connectivity index (χ1n) is 7.39. The lowest BCUT2D eigenvalue weighted by molar-refractivity contribution is 0.0508. The van der Waals surface area contributed by atoms with E-state index in [0.29, 0.717) is 24.8 Å². The number of hydrogen-bond acceptors (Lipinski definition) is 7. The van der Waals surface area contributed by atoms with E-state index in [9.17, 15) is 4.79 Å². The Labute approximate surface area is 136 Å². The number of alkyl carbamates (subject to hydrolysis) is 1. The highest BCUT2D eigenvalue weighted by molar-refractivity contribution is 5.68. The number of nitrogens with one attached hydrogen (secondary N) is 2. The van der Waals surface area contributed by atoms with Crippen LogP contribution in [0.25, 0.3) is 0 Å². The molecule has 1 rings (SSSR count). The van der Waals surface area contributed by atoms with Crippen LogP contribution in [0.5, 0.6) is 11.8 Å². The van der Waals surface area contributed by atoms with Gasteiger partial charge in [0.1, 0.15) is 11.9 Å². The highest BCUT2D eigenvalue weighted by Crippen LogP contribution is 2.22. The van der Waals surface area contributed by atoms with E-state index in [1.807, 2.05) is 27.7 Å². The summed E-state index contributed by atoms with van der Waals surface area (Å²) in [5.74, 6) is 0.911. The Morgan fingerprint density at radius 1 is 1.22 bits per heavy atom. The Morgan fingerprint density at radius 3 is 2.26 bits per heavy atom. The van der Waals surface area contributed by atoms with Crippen molar-refractivity contribution in [1.82, 2.24) is 20.6 Å². The van der Waals surface area contributed by atoms with Crippen molar-refractivity contribution >= 4 is 6.09 Å². The highest BCUT2D eigenvalue weighted by atomic mass is 16.6. The van der Waals surface area contributed by atoms with Gasteiger partial charge >= 0.3 is 6.09 Å². The van der Waals surface area contributed by atoms with Crippen molar-refractivity contribution in [2.45, 2.75) is 45.9 Å². The van der Waals surface area contributed by atoms with Crippen LogP contribution in [-0.2, 0) is 11.3 Å². The van der Waals surface area contributed by atoms with Crippen LogP contribution in [0.2, 0.25) is 0 Å². The fourth-order valence-corrected chi connectivity index (χ4v) is 1.86.